The smallest absolute Gasteiger partial charge is 0.227 e. The summed E-state index contributed by atoms with van der Waals surface area (Å²) in [6.07, 6.45) is 3.65. The number of hydrogen-bond donors (Lipinski definition) is 2. The first-order valence-corrected chi connectivity index (χ1v) is 5.56. The average Bonchev–Trinajstić information content (AvgIpc) is 2.79. The average molecular weight is 227 g/mol. The molecule has 2 aromatic heterocycles. The van der Waals surface area contributed by atoms with Crippen molar-refractivity contribution in [3.8, 4) is 0 Å². The van der Waals surface area contributed by atoms with E-state index in [1.54, 1.807) is 6.20 Å². The van der Waals surface area contributed by atoms with Crippen molar-refractivity contribution in [2.75, 3.05) is 5.32 Å². The zero-order valence-corrected chi connectivity index (χ0v) is 9.57. The molecule has 0 unspecified atom stereocenters. The second kappa shape index (κ2) is 4.10. The minimum atomic E-state index is 0.623. The van der Waals surface area contributed by atoms with Gasteiger partial charge in [-0.2, -0.15) is 0 Å². The van der Waals surface area contributed by atoms with E-state index >= 15 is 0 Å². The summed E-state index contributed by atoms with van der Waals surface area (Å²) in [5, 5.41) is 6.39. The molecule has 0 aromatic carbocycles. The highest BCUT2D eigenvalue weighted by atomic mass is 15.1. The van der Waals surface area contributed by atoms with E-state index in [1.165, 1.54) is 5.56 Å². The lowest BCUT2D eigenvalue weighted by Gasteiger charge is -2.05. The number of fused-ring (bicyclic) bond motifs is 1. The van der Waals surface area contributed by atoms with E-state index in [9.17, 15) is 0 Å². The quantitative estimate of drug-likeness (QED) is 0.814. The minimum absolute atomic E-state index is 0.623. The van der Waals surface area contributed by atoms with E-state index in [1.807, 2.05) is 25.3 Å². The first-order valence-electron chi connectivity index (χ1n) is 5.56. The summed E-state index contributed by atoms with van der Waals surface area (Å²) in [5.41, 5.74) is 4.15. The van der Waals surface area contributed by atoms with E-state index in [0.717, 1.165) is 30.2 Å². The molecule has 0 bridgehead atoms. The van der Waals surface area contributed by atoms with Crippen molar-refractivity contribution in [2.45, 2.75) is 20.0 Å². The Bertz CT molecular complexity index is 535. The predicted octanol–water partition coefficient (Wildman–Crippen LogP) is 1.53. The third-order valence-corrected chi connectivity index (χ3v) is 2.73. The molecule has 1 aliphatic heterocycles. The molecule has 17 heavy (non-hydrogen) atoms. The normalized spacial score (nSPS) is 13.5. The van der Waals surface area contributed by atoms with E-state index < -0.39 is 0 Å². The van der Waals surface area contributed by atoms with Gasteiger partial charge >= 0.3 is 0 Å². The highest BCUT2D eigenvalue weighted by molar-refractivity contribution is 5.52. The second-order valence-electron chi connectivity index (χ2n) is 4.08. The Morgan fingerprint density at radius 2 is 2.12 bits per heavy atom. The summed E-state index contributed by atoms with van der Waals surface area (Å²) in [6, 6.07) is 3.93. The Morgan fingerprint density at radius 3 is 2.94 bits per heavy atom. The van der Waals surface area contributed by atoms with E-state index in [2.05, 4.69) is 25.6 Å². The zero-order valence-electron chi connectivity index (χ0n) is 9.57. The number of rotatable bonds is 2. The largest absolute Gasteiger partial charge is 0.323 e. The number of nitrogens with one attached hydrogen (secondary N) is 2. The number of nitrogens with zero attached hydrogens (tertiary/aromatic N) is 3. The maximum atomic E-state index is 4.46. The van der Waals surface area contributed by atoms with Crippen molar-refractivity contribution in [3.63, 3.8) is 0 Å². The van der Waals surface area contributed by atoms with Gasteiger partial charge < -0.3 is 10.6 Å². The lowest BCUT2D eigenvalue weighted by molar-refractivity contribution is 0.758. The Labute approximate surface area is 99.3 Å². The van der Waals surface area contributed by atoms with Crippen molar-refractivity contribution >= 4 is 11.6 Å². The van der Waals surface area contributed by atoms with E-state index in [0.29, 0.717) is 5.95 Å². The predicted molar refractivity (Wildman–Crippen MR) is 64.8 cm³/mol. The zero-order chi connectivity index (χ0) is 11.7. The summed E-state index contributed by atoms with van der Waals surface area (Å²) in [6.45, 7) is 3.64. The summed E-state index contributed by atoms with van der Waals surface area (Å²) in [5.74, 6) is 0.623. The molecular weight excluding hydrogens is 214 g/mol. The first-order chi connectivity index (χ1) is 8.31. The van der Waals surface area contributed by atoms with Gasteiger partial charge in [-0.25, -0.2) is 9.97 Å². The van der Waals surface area contributed by atoms with Crippen LogP contribution in [0.2, 0.25) is 0 Å². The highest BCUT2D eigenvalue weighted by Crippen LogP contribution is 2.16. The lowest BCUT2D eigenvalue weighted by Crippen LogP contribution is -2.01. The molecule has 5 heteroatoms. The Hall–Kier alpha value is -2.01. The summed E-state index contributed by atoms with van der Waals surface area (Å²) in [7, 11) is 0. The van der Waals surface area contributed by atoms with Crippen LogP contribution in [0, 0.1) is 6.92 Å². The molecule has 2 aromatic rings. The summed E-state index contributed by atoms with van der Waals surface area (Å²) in [4.78, 5) is 13.0. The molecule has 0 radical (unpaired) electrons. The van der Waals surface area contributed by atoms with Crippen molar-refractivity contribution in [2.24, 2.45) is 0 Å². The first kappa shape index (κ1) is 10.2. The third kappa shape index (κ3) is 2.09. The molecule has 1 aliphatic rings. The number of hydrogen-bond acceptors (Lipinski definition) is 5. The van der Waals surface area contributed by atoms with Crippen LogP contribution in [0.1, 0.15) is 17.0 Å². The van der Waals surface area contributed by atoms with Crippen molar-refractivity contribution < 1.29 is 0 Å². The maximum absolute atomic E-state index is 4.46. The number of anilines is 2. The van der Waals surface area contributed by atoms with Gasteiger partial charge in [-0.15, -0.1) is 0 Å². The standard InChI is InChI=1S/C12H13N5/c1-8-2-3-10(6-14-8)16-12-15-5-9-4-13-7-11(9)17-12/h2-3,5-6,13H,4,7H2,1H3,(H,15,16,17). The molecular formula is C12H13N5. The van der Waals surface area contributed by atoms with Gasteiger partial charge in [0, 0.05) is 30.5 Å². The maximum Gasteiger partial charge on any atom is 0.227 e. The SMILES string of the molecule is Cc1ccc(Nc2ncc3c(n2)CNC3)cn1. The van der Waals surface area contributed by atoms with Gasteiger partial charge in [0.05, 0.1) is 17.6 Å². The molecule has 86 valence electrons. The number of aromatic nitrogens is 3. The molecule has 0 saturated heterocycles. The van der Waals surface area contributed by atoms with Gasteiger partial charge in [0.2, 0.25) is 5.95 Å². The van der Waals surface area contributed by atoms with Crippen LogP contribution in [0.5, 0.6) is 0 Å². The van der Waals surface area contributed by atoms with Gasteiger partial charge in [-0.1, -0.05) is 0 Å². The Kier molecular flexibility index (Phi) is 2.45. The van der Waals surface area contributed by atoms with Crippen LogP contribution < -0.4 is 10.6 Å². The van der Waals surface area contributed by atoms with Crippen LogP contribution >= 0.6 is 0 Å². The van der Waals surface area contributed by atoms with Gasteiger partial charge in [-0.3, -0.25) is 4.98 Å². The molecule has 0 fully saturated rings. The lowest BCUT2D eigenvalue weighted by atomic mass is 10.3. The molecule has 0 spiro atoms. The fourth-order valence-corrected chi connectivity index (χ4v) is 1.79. The molecule has 0 aliphatic carbocycles. The van der Waals surface area contributed by atoms with Gasteiger partial charge in [0.1, 0.15) is 0 Å². The Morgan fingerprint density at radius 1 is 1.18 bits per heavy atom. The third-order valence-electron chi connectivity index (χ3n) is 2.73. The van der Waals surface area contributed by atoms with E-state index in [4.69, 9.17) is 0 Å². The molecule has 0 saturated carbocycles. The van der Waals surface area contributed by atoms with Crippen molar-refractivity contribution in [3.05, 3.63) is 41.5 Å². The molecule has 3 rings (SSSR count). The van der Waals surface area contributed by atoms with E-state index in [-0.39, 0.29) is 0 Å². The fraction of sp³-hybridized carbons (Fsp3) is 0.250. The molecule has 2 N–H and O–H groups in total. The minimum Gasteiger partial charge on any atom is -0.323 e. The highest BCUT2D eigenvalue weighted by Gasteiger charge is 2.12. The van der Waals surface area contributed by atoms with Crippen LogP contribution in [0.15, 0.2) is 24.5 Å². The summed E-state index contributed by atoms with van der Waals surface area (Å²) >= 11 is 0. The van der Waals surface area contributed by atoms with Gasteiger partial charge in [-0.05, 0) is 19.1 Å². The van der Waals surface area contributed by atoms with Crippen LogP contribution in [0.3, 0.4) is 0 Å². The van der Waals surface area contributed by atoms with Crippen LogP contribution in [-0.4, -0.2) is 15.0 Å². The van der Waals surface area contributed by atoms with Crippen LogP contribution in [-0.2, 0) is 13.1 Å². The van der Waals surface area contributed by atoms with Crippen LogP contribution in [0.25, 0.3) is 0 Å². The van der Waals surface area contributed by atoms with Gasteiger partial charge in [0.25, 0.3) is 0 Å². The number of pyridine rings is 1. The van der Waals surface area contributed by atoms with Crippen LogP contribution in [0.4, 0.5) is 11.6 Å². The van der Waals surface area contributed by atoms with Gasteiger partial charge in [0.15, 0.2) is 0 Å². The van der Waals surface area contributed by atoms with Crippen molar-refractivity contribution in [1.82, 2.24) is 20.3 Å². The molecule has 5 nitrogen and oxygen atoms in total. The molecule has 0 atom stereocenters. The fourth-order valence-electron chi connectivity index (χ4n) is 1.79. The number of aryl methyl sites for hydroxylation is 1. The molecule has 3 heterocycles. The monoisotopic (exact) mass is 227 g/mol. The summed E-state index contributed by atoms with van der Waals surface area (Å²) < 4.78 is 0. The Balaban J connectivity index is 1.83. The molecule has 0 amide bonds. The second-order valence-corrected chi connectivity index (χ2v) is 4.08. The topological polar surface area (TPSA) is 62.7 Å². The van der Waals surface area contributed by atoms with Crippen molar-refractivity contribution in [1.29, 1.82) is 0 Å².